The van der Waals surface area contributed by atoms with Crippen LogP contribution in [0.1, 0.15) is 19.8 Å². The molecule has 6 nitrogen and oxygen atoms in total. The molecule has 1 aliphatic heterocycles. The molecule has 1 unspecified atom stereocenters. The number of carbonyl (C=O) groups is 2. The van der Waals surface area contributed by atoms with Crippen LogP contribution in [0.15, 0.2) is 0 Å². The summed E-state index contributed by atoms with van der Waals surface area (Å²) in [5.41, 5.74) is 0. The third-order valence-corrected chi connectivity index (χ3v) is 4.10. The number of nitrogens with zero attached hydrogens (tertiary/aromatic N) is 3. The molecular weight excluding hydrogens is 246 g/mol. The summed E-state index contributed by atoms with van der Waals surface area (Å²) in [6.45, 7) is 5.88. The highest BCUT2D eigenvalue weighted by atomic mass is 16.4. The Morgan fingerprint density at radius 2 is 1.84 bits per heavy atom. The lowest BCUT2D eigenvalue weighted by atomic mass is 10.2. The van der Waals surface area contributed by atoms with E-state index in [9.17, 15) is 9.59 Å². The number of hydrogen-bond donors (Lipinski definition) is 1. The molecule has 0 spiro atoms. The second-order valence-electron chi connectivity index (χ2n) is 5.64. The molecule has 1 N–H and O–H groups in total. The SMILES string of the molecule is CC(C(=O)O)N(C)C(=O)N1CCN(CC2CC2)CC1. The van der Waals surface area contributed by atoms with E-state index in [2.05, 4.69) is 4.90 Å². The van der Waals surface area contributed by atoms with Crippen molar-refractivity contribution in [2.75, 3.05) is 39.8 Å². The van der Waals surface area contributed by atoms with Gasteiger partial charge in [-0.3, -0.25) is 4.90 Å². The molecule has 1 atom stereocenters. The summed E-state index contributed by atoms with van der Waals surface area (Å²) in [7, 11) is 1.55. The minimum Gasteiger partial charge on any atom is -0.480 e. The molecule has 2 aliphatic rings. The standard InChI is InChI=1S/C13H23N3O3/c1-10(12(17)18)14(2)13(19)16-7-5-15(6-8-16)9-11-3-4-11/h10-11H,3-9H2,1-2H3,(H,17,18). The van der Waals surface area contributed by atoms with Gasteiger partial charge in [0, 0.05) is 39.8 Å². The lowest BCUT2D eigenvalue weighted by Crippen LogP contribution is -2.54. The molecule has 1 saturated heterocycles. The third-order valence-electron chi connectivity index (χ3n) is 4.10. The average molecular weight is 269 g/mol. The lowest BCUT2D eigenvalue weighted by molar-refractivity contribution is -0.141. The van der Waals surface area contributed by atoms with Gasteiger partial charge in [-0.2, -0.15) is 0 Å². The van der Waals surface area contributed by atoms with Crippen LogP contribution in [0.2, 0.25) is 0 Å². The van der Waals surface area contributed by atoms with E-state index < -0.39 is 12.0 Å². The Balaban J connectivity index is 1.79. The maximum atomic E-state index is 12.2. The van der Waals surface area contributed by atoms with E-state index in [1.165, 1.54) is 24.7 Å². The summed E-state index contributed by atoms with van der Waals surface area (Å²) >= 11 is 0. The summed E-state index contributed by atoms with van der Waals surface area (Å²) in [4.78, 5) is 28.5. The zero-order chi connectivity index (χ0) is 14.0. The molecule has 1 saturated carbocycles. The van der Waals surface area contributed by atoms with E-state index in [1.807, 2.05) is 0 Å². The maximum Gasteiger partial charge on any atom is 0.326 e. The van der Waals surface area contributed by atoms with E-state index >= 15 is 0 Å². The Bertz CT molecular complexity index is 349. The van der Waals surface area contributed by atoms with Crippen LogP contribution in [0.3, 0.4) is 0 Å². The van der Waals surface area contributed by atoms with Gasteiger partial charge in [0.1, 0.15) is 6.04 Å². The van der Waals surface area contributed by atoms with Gasteiger partial charge in [0.05, 0.1) is 0 Å². The molecule has 2 amide bonds. The Hall–Kier alpha value is -1.30. The fourth-order valence-corrected chi connectivity index (χ4v) is 2.34. The molecular formula is C13H23N3O3. The molecule has 19 heavy (non-hydrogen) atoms. The molecule has 0 aromatic carbocycles. The van der Waals surface area contributed by atoms with Crippen molar-refractivity contribution in [3.63, 3.8) is 0 Å². The van der Waals surface area contributed by atoms with Crippen molar-refractivity contribution >= 4 is 12.0 Å². The first-order valence-corrected chi connectivity index (χ1v) is 6.96. The van der Waals surface area contributed by atoms with Gasteiger partial charge in [0.2, 0.25) is 0 Å². The van der Waals surface area contributed by atoms with E-state index in [0.29, 0.717) is 13.1 Å². The van der Waals surface area contributed by atoms with Crippen LogP contribution in [-0.4, -0.2) is 77.6 Å². The lowest BCUT2D eigenvalue weighted by Gasteiger charge is -2.37. The predicted octanol–water partition coefficient (Wildman–Crippen LogP) is 0.539. The van der Waals surface area contributed by atoms with Crippen LogP contribution in [0.25, 0.3) is 0 Å². The quantitative estimate of drug-likeness (QED) is 0.809. The van der Waals surface area contributed by atoms with Crippen LogP contribution in [0.5, 0.6) is 0 Å². The number of rotatable bonds is 4. The summed E-state index contributed by atoms with van der Waals surface area (Å²) < 4.78 is 0. The average Bonchev–Trinajstić information content (AvgIpc) is 3.21. The van der Waals surface area contributed by atoms with Gasteiger partial charge in [-0.1, -0.05) is 0 Å². The number of hydrogen-bond acceptors (Lipinski definition) is 3. The molecule has 2 rings (SSSR count). The molecule has 0 radical (unpaired) electrons. The third kappa shape index (κ3) is 3.59. The molecule has 108 valence electrons. The van der Waals surface area contributed by atoms with Gasteiger partial charge in [0.15, 0.2) is 0 Å². The minimum atomic E-state index is -0.969. The normalized spacial score (nSPS) is 22.1. The minimum absolute atomic E-state index is 0.180. The monoisotopic (exact) mass is 269 g/mol. The number of amides is 2. The highest BCUT2D eigenvalue weighted by molar-refractivity contribution is 5.82. The van der Waals surface area contributed by atoms with Gasteiger partial charge >= 0.3 is 12.0 Å². The van der Waals surface area contributed by atoms with Crippen molar-refractivity contribution in [3.8, 4) is 0 Å². The number of piperazine rings is 1. The van der Waals surface area contributed by atoms with Crippen LogP contribution in [0, 0.1) is 5.92 Å². The number of aliphatic carboxylic acids is 1. The zero-order valence-electron chi connectivity index (χ0n) is 11.7. The van der Waals surface area contributed by atoms with Crippen molar-refractivity contribution in [1.82, 2.24) is 14.7 Å². The Labute approximate surface area is 114 Å². The summed E-state index contributed by atoms with van der Waals surface area (Å²) in [5, 5.41) is 8.93. The Morgan fingerprint density at radius 1 is 1.26 bits per heavy atom. The molecule has 0 aromatic rings. The molecule has 1 aliphatic carbocycles. The largest absolute Gasteiger partial charge is 0.480 e. The molecule has 0 aromatic heterocycles. The molecule has 6 heteroatoms. The van der Waals surface area contributed by atoms with Gasteiger partial charge < -0.3 is 14.9 Å². The molecule has 0 bridgehead atoms. The number of carboxylic acid groups (broad SMARTS) is 1. The van der Waals surface area contributed by atoms with Crippen molar-refractivity contribution in [3.05, 3.63) is 0 Å². The summed E-state index contributed by atoms with van der Waals surface area (Å²) in [6.07, 6.45) is 2.69. The van der Waals surface area contributed by atoms with Gasteiger partial charge in [0.25, 0.3) is 0 Å². The summed E-state index contributed by atoms with van der Waals surface area (Å²) in [6, 6.07) is -0.960. The van der Waals surface area contributed by atoms with E-state index in [4.69, 9.17) is 5.11 Å². The summed E-state index contributed by atoms with van der Waals surface area (Å²) in [5.74, 6) is -0.0971. The highest BCUT2D eigenvalue weighted by Gasteiger charge is 2.30. The first kappa shape index (κ1) is 14.1. The number of carbonyl (C=O) groups excluding carboxylic acids is 1. The van der Waals surface area contributed by atoms with Crippen LogP contribution < -0.4 is 0 Å². The van der Waals surface area contributed by atoms with E-state index in [-0.39, 0.29) is 6.03 Å². The van der Waals surface area contributed by atoms with Crippen LogP contribution in [0.4, 0.5) is 4.79 Å². The second kappa shape index (κ2) is 5.77. The number of likely N-dealkylation sites (N-methyl/N-ethyl adjacent to an activating group) is 1. The second-order valence-corrected chi connectivity index (χ2v) is 5.64. The maximum absolute atomic E-state index is 12.2. The van der Waals surface area contributed by atoms with Gasteiger partial charge in [-0.05, 0) is 25.7 Å². The first-order valence-electron chi connectivity index (χ1n) is 6.96. The first-order chi connectivity index (χ1) is 8.99. The highest BCUT2D eigenvalue weighted by Crippen LogP contribution is 2.29. The van der Waals surface area contributed by atoms with Crippen molar-refractivity contribution in [2.24, 2.45) is 5.92 Å². The van der Waals surface area contributed by atoms with E-state index in [1.54, 1.807) is 11.9 Å². The Morgan fingerprint density at radius 3 is 2.32 bits per heavy atom. The van der Waals surface area contributed by atoms with Gasteiger partial charge in [-0.15, -0.1) is 0 Å². The Kier molecular flexibility index (Phi) is 4.29. The van der Waals surface area contributed by atoms with Gasteiger partial charge in [-0.25, -0.2) is 9.59 Å². The zero-order valence-corrected chi connectivity index (χ0v) is 11.7. The fraction of sp³-hybridized carbons (Fsp3) is 0.846. The van der Waals surface area contributed by atoms with Crippen LogP contribution in [-0.2, 0) is 4.79 Å². The molecule has 2 fully saturated rings. The van der Waals surface area contributed by atoms with E-state index in [0.717, 1.165) is 25.6 Å². The number of urea groups is 1. The topological polar surface area (TPSA) is 64.1 Å². The fourth-order valence-electron chi connectivity index (χ4n) is 2.34. The van der Waals surface area contributed by atoms with Crippen molar-refractivity contribution < 1.29 is 14.7 Å². The van der Waals surface area contributed by atoms with Crippen molar-refractivity contribution in [2.45, 2.75) is 25.8 Å². The number of carboxylic acids is 1. The van der Waals surface area contributed by atoms with Crippen LogP contribution >= 0.6 is 0 Å². The predicted molar refractivity (Wildman–Crippen MR) is 71.0 cm³/mol. The smallest absolute Gasteiger partial charge is 0.326 e. The van der Waals surface area contributed by atoms with Crippen molar-refractivity contribution in [1.29, 1.82) is 0 Å². The molecule has 1 heterocycles.